The summed E-state index contributed by atoms with van der Waals surface area (Å²) in [7, 11) is 3.98. The van der Waals surface area contributed by atoms with Crippen LogP contribution >= 0.6 is 11.6 Å². The molecule has 0 aliphatic carbocycles. The number of hydrogen-bond acceptors (Lipinski definition) is 3. The molecule has 0 bridgehead atoms. The number of hydrazone groups is 1. The Kier molecular flexibility index (Phi) is 2.33. The molecule has 0 saturated heterocycles. The van der Waals surface area contributed by atoms with Gasteiger partial charge in [-0.05, 0) is 24.3 Å². The fourth-order valence-electron chi connectivity index (χ4n) is 1.52. The quantitative estimate of drug-likeness (QED) is 0.703. The second kappa shape index (κ2) is 3.50. The van der Waals surface area contributed by atoms with E-state index in [1.54, 1.807) is 0 Å². The first kappa shape index (κ1) is 9.34. The molecule has 74 valence electrons. The number of benzene rings is 1. The first-order valence-corrected chi connectivity index (χ1v) is 4.81. The summed E-state index contributed by atoms with van der Waals surface area (Å²) in [4.78, 5) is 2.10. The Morgan fingerprint density at radius 1 is 1.21 bits per heavy atom. The van der Waals surface area contributed by atoms with Gasteiger partial charge in [-0.1, -0.05) is 11.6 Å². The molecule has 0 fully saturated rings. The van der Waals surface area contributed by atoms with Crippen molar-refractivity contribution >= 4 is 17.4 Å². The SMILES string of the molecule is CN1CN(C)C(c2ccc(Cl)cc2)=N1. The van der Waals surface area contributed by atoms with E-state index in [9.17, 15) is 0 Å². The smallest absolute Gasteiger partial charge is 0.157 e. The lowest BCUT2D eigenvalue weighted by Crippen LogP contribution is -2.25. The van der Waals surface area contributed by atoms with Crippen LogP contribution in [0.3, 0.4) is 0 Å². The van der Waals surface area contributed by atoms with E-state index in [1.165, 1.54) is 0 Å². The maximum absolute atomic E-state index is 5.82. The summed E-state index contributed by atoms with van der Waals surface area (Å²) in [6, 6.07) is 7.73. The molecule has 1 heterocycles. The van der Waals surface area contributed by atoms with Crippen LogP contribution in [0.4, 0.5) is 0 Å². The van der Waals surface area contributed by atoms with Crippen LogP contribution in [0, 0.1) is 0 Å². The average molecular weight is 210 g/mol. The summed E-state index contributed by atoms with van der Waals surface area (Å²) in [6.07, 6.45) is 0. The molecule has 0 N–H and O–H groups in total. The van der Waals surface area contributed by atoms with Crippen molar-refractivity contribution in [1.82, 2.24) is 9.91 Å². The number of nitrogens with zero attached hydrogens (tertiary/aromatic N) is 3. The molecular formula is C10H12ClN3. The van der Waals surface area contributed by atoms with Gasteiger partial charge in [-0.2, -0.15) is 5.10 Å². The van der Waals surface area contributed by atoms with Gasteiger partial charge in [0.05, 0.1) is 0 Å². The third-order valence-corrected chi connectivity index (χ3v) is 2.40. The van der Waals surface area contributed by atoms with Gasteiger partial charge in [-0.3, -0.25) is 5.01 Å². The largest absolute Gasteiger partial charge is 0.339 e. The van der Waals surface area contributed by atoms with E-state index in [2.05, 4.69) is 10.0 Å². The molecule has 0 saturated carbocycles. The van der Waals surface area contributed by atoms with Crippen LogP contribution in [-0.4, -0.2) is 36.5 Å². The molecule has 14 heavy (non-hydrogen) atoms. The van der Waals surface area contributed by atoms with E-state index < -0.39 is 0 Å². The first-order chi connectivity index (χ1) is 6.66. The summed E-state index contributed by atoms with van der Waals surface area (Å²) in [5.41, 5.74) is 1.10. The van der Waals surface area contributed by atoms with Crippen molar-refractivity contribution in [2.24, 2.45) is 5.10 Å². The summed E-state index contributed by atoms with van der Waals surface area (Å²) in [5, 5.41) is 7.06. The minimum Gasteiger partial charge on any atom is -0.339 e. The van der Waals surface area contributed by atoms with Crippen molar-refractivity contribution in [2.75, 3.05) is 20.8 Å². The van der Waals surface area contributed by atoms with Gasteiger partial charge in [-0.25, -0.2) is 0 Å². The van der Waals surface area contributed by atoms with Gasteiger partial charge in [0, 0.05) is 24.7 Å². The third-order valence-electron chi connectivity index (χ3n) is 2.15. The lowest BCUT2D eigenvalue weighted by atomic mass is 10.2. The van der Waals surface area contributed by atoms with Crippen LogP contribution in [0.1, 0.15) is 5.56 Å². The molecule has 0 atom stereocenters. The summed E-state index contributed by atoms with van der Waals surface area (Å²) in [5.74, 6) is 0.990. The fraction of sp³-hybridized carbons (Fsp3) is 0.300. The van der Waals surface area contributed by atoms with Gasteiger partial charge in [-0.15, -0.1) is 0 Å². The van der Waals surface area contributed by atoms with Gasteiger partial charge in [0.15, 0.2) is 5.84 Å². The maximum atomic E-state index is 5.82. The molecule has 1 aliphatic rings. The molecule has 0 radical (unpaired) electrons. The van der Waals surface area contributed by atoms with Crippen molar-refractivity contribution in [2.45, 2.75) is 0 Å². The molecule has 1 aromatic carbocycles. The fourth-order valence-corrected chi connectivity index (χ4v) is 1.65. The first-order valence-electron chi connectivity index (χ1n) is 4.43. The number of rotatable bonds is 1. The molecule has 3 nitrogen and oxygen atoms in total. The zero-order valence-corrected chi connectivity index (χ0v) is 8.99. The van der Waals surface area contributed by atoms with E-state index in [0.29, 0.717) is 0 Å². The second-order valence-corrected chi connectivity index (χ2v) is 3.86. The Morgan fingerprint density at radius 2 is 1.86 bits per heavy atom. The average Bonchev–Trinajstić information content (AvgIpc) is 2.47. The Morgan fingerprint density at radius 3 is 2.36 bits per heavy atom. The predicted molar refractivity (Wildman–Crippen MR) is 58.4 cm³/mol. The summed E-state index contributed by atoms with van der Waals surface area (Å²) >= 11 is 5.82. The molecule has 0 amide bonds. The van der Waals surface area contributed by atoms with Crippen LogP contribution in [0.5, 0.6) is 0 Å². The van der Waals surface area contributed by atoms with E-state index in [4.69, 9.17) is 11.6 Å². The molecule has 1 aromatic rings. The Balaban J connectivity index is 2.31. The highest BCUT2D eigenvalue weighted by Crippen LogP contribution is 2.14. The predicted octanol–water partition coefficient (Wildman–Crippen LogP) is 1.84. The van der Waals surface area contributed by atoms with E-state index in [1.807, 2.05) is 43.4 Å². The second-order valence-electron chi connectivity index (χ2n) is 3.43. The molecule has 0 aromatic heterocycles. The number of amidine groups is 1. The standard InChI is InChI=1S/C10H12ClN3/c1-13-7-14(2)12-10(13)8-3-5-9(11)6-4-8/h3-6H,7H2,1-2H3. The Hall–Kier alpha value is -1.22. The van der Waals surface area contributed by atoms with Gasteiger partial charge in [0.25, 0.3) is 0 Å². The van der Waals surface area contributed by atoms with Crippen LogP contribution in [0.2, 0.25) is 5.02 Å². The highest BCUT2D eigenvalue weighted by molar-refractivity contribution is 6.30. The van der Waals surface area contributed by atoms with Crippen LogP contribution in [0.25, 0.3) is 0 Å². The van der Waals surface area contributed by atoms with Gasteiger partial charge >= 0.3 is 0 Å². The van der Waals surface area contributed by atoms with E-state index >= 15 is 0 Å². The molecule has 2 rings (SSSR count). The molecule has 0 spiro atoms. The lowest BCUT2D eigenvalue weighted by molar-refractivity contribution is 0.303. The molecular weight excluding hydrogens is 198 g/mol. The maximum Gasteiger partial charge on any atom is 0.157 e. The Labute approximate surface area is 88.6 Å². The normalized spacial score (nSPS) is 16.1. The van der Waals surface area contributed by atoms with E-state index in [-0.39, 0.29) is 0 Å². The summed E-state index contributed by atoms with van der Waals surface area (Å²) in [6.45, 7) is 0.831. The molecule has 1 aliphatic heterocycles. The highest BCUT2D eigenvalue weighted by Gasteiger charge is 2.17. The van der Waals surface area contributed by atoms with Gasteiger partial charge < -0.3 is 4.90 Å². The minimum absolute atomic E-state index is 0.753. The van der Waals surface area contributed by atoms with Crippen LogP contribution in [-0.2, 0) is 0 Å². The zero-order valence-electron chi connectivity index (χ0n) is 8.24. The zero-order chi connectivity index (χ0) is 10.1. The van der Waals surface area contributed by atoms with E-state index in [0.717, 1.165) is 23.1 Å². The van der Waals surface area contributed by atoms with Crippen LogP contribution < -0.4 is 0 Å². The minimum atomic E-state index is 0.753. The van der Waals surface area contributed by atoms with Crippen LogP contribution in [0.15, 0.2) is 29.4 Å². The van der Waals surface area contributed by atoms with Crippen molar-refractivity contribution in [3.63, 3.8) is 0 Å². The highest BCUT2D eigenvalue weighted by atomic mass is 35.5. The third kappa shape index (κ3) is 1.68. The van der Waals surface area contributed by atoms with Crippen molar-refractivity contribution in [1.29, 1.82) is 0 Å². The topological polar surface area (TPSA) is 18.8 Å². The Bertz CT molecular complexity index is 358. The lowest BCUT2D eigenvalue weighted by Gasteiger charge is -2.13. The van der Waals surface area contributed by atoms with Crippen molar-refractivity contribution in [3.8, 4) is 0 Å². The number of hydrogen-bond donors (Lipinski definition) is 0. The monoisotopic (exact) mass is 209 g/mol. The molecule has 4 heteroatoms. The van der Waals surface area contributed by atoms with Crippen molar-refractivity contribution in [3.05, 3.63) is 34.9 Å². The number of halogens is 1. The van der Waals surface area contributed by atoms with Gasteiger partial charge in [0.2, 0.25) is 0 Å². The van der Waals surface area contributed by atoms with Crippen molar-refractivity contribution < 1.29 is 0 Å². The summed E-state index contributed by atoms with van der Waals surface area (Å²) < 4.78 is 0. The molecule has 0 unspecified atom stereocenters. The van der Waals surface area contributed by atoms with Gasteiger partial charge in [0.1, 0.15) is 6.67 Å².